The first-order valence-electron chi connectivity index (χ1n) is 6.77. The highest BCUT2D eigenvalue weighted by Gasteiger charge is 2.14. The third kappa shape index (κ3) is 3.57. The Morgan fingerprint density at radius 3 is 2.90 bits per heavy atom. The van der Waals surface area contributed by atoms with Crippen LogP contribution >= 0.6 is 11.8 Å². The molecular weight excluding hydrogens is 290 g/mol. The molecule has 2 aromatic heterocycles. The lowest BCUT2D eigenvalue weighted by Gasteiger charge is -2.10. The number of aromatic nitrogens is 4. The number of hydrogen-bond donors (Lipinski definition) is 2. The summed E-state index contributed by atoms with van der Waals surface area (Å²) in [5.74, 6) is 0.413. The van der Waals surface area contributed by atoms with E-state index in [-0.39, 0.29) is 11.7 Å². The lowest BCUT2D eigenvalue weighted by atomic mass is 10.4. The van der Waals surface area contributed by atoms with Crippen LogP contribution < -0.4 is 16.2 Å². The van der Waals surface area contributed by atoms with E-state index in [9.17, 15) is 4.79 Å². The van der Waals surface area contributed by atoms with E-state index in [0.29, 0.717) is 28.4 Å². The second kappa shape index (κ2) is 6.66. The van der Waals surface area contributed by atoms with Crippen LogP contribution in [0, 0.1) is 0 Å². The molecule has 0 saturated heterocycles. The Hall–Kier alpha value is -1.96. The summed E-state index contributed by atoms with van der Waals surface area (Å²) in [6, 6.07) is 3.54. The van der Waals surface area contributed by atoms with Crippen molar-refractivity contribution in [3.05, 3.63) is 22.6 Å². The van der Waals surface area contributed by atoms with Crippen LogP contribution in [-0.4, -0.2) is 26.4 Å². The molecule has 21 heavy (non-hydrogen) atoms. The van der Waals surface area contributed by atoms with Crippen molar-refractivity contribution in [1.82, 2.24) is 19.7 Å². The number of ether oxygens (including phenoxy) is 1. The highest BCUT2D eigenvalue weighted by atomic mass is 32.2. The summed E-state index contributed by atoms with van der Waals surface area (Å²) >= 11 is 1.29. The predicted molar refractivity (Wildman–Crippen MR) is 81.8 cm³/mol. The summed E-state index contributed by atoms with van der Waals surface area (Å²) in [5, 5.41) is 7.72. The molecule has 3 N–H and O–H groups in total. The van der Waals surface area contributed by atoms with Crippen LogP contribution in [0.5, 0.6) is 5.88 Å². The van der Waals surface area contributed by atoms with Crippen LogP contribution in [0.3, 0.4) is 0 Å². The molecule has 0 bridgehead atoms. The normalized spacial score (nSPS) is 11.0. The average molecular weight is 309 g/mol. The number of nitrogens with two attached hydrogens (primary N) is 1. The molecule has 8 heteroatoms. The van der Waals surface area contributed by atoms with Gasteiger partial charge in [-0.05, 0) is 44.2 Å². The van der Waals surface area contributed by atoms with Gasteiger partial charge in [-0.2, -0.15) is 0 Å². The van der Waals surface area contributed by atoms with Crippen LogP contribution in [0.2, 0.25) is 0 Å². The molecule has 0 fully saturated rings. The molecule has 0 saturated carbocycles. The van der Waals surface area contributed by atoms with Crippen LogP contribution in [0.25, 0.3) is 0 Å². The number of nitrogens with one attached hydrogen (secondary N) is 1. The quantitative estimate of drug-likeness (QED) is 0.847. The van der Waals surface area contributed by atoms with Gasteiger partial charge in [0, 0.05) is 6.04 Å². The highest BCUT2D eigenvalue weighted by molar-refractivity contribution is 7.99. The number of rotatable bonds is 6. The maximum Gasteiger partial charge on any atom is 0.344 e. The second-order valence-electron chi connectivity index (χ2n) is 4.77. The molecule has 2 rings (SSSR count). The zero-order valence-corrected chi connectivity index (χ0v) is 13.1. The lowest BCUT2D eigenvalue weighted by Crippen LogP contribution is -2.19. The lowest BCUT2D eigenvalue weighted by molar-refractivity contribution is 0.305. The number of H-pyrrole nitrogens is 1. The highest BCUT2D eigenvalue weighted by Crippen LogP contribution is 2.29. The van der Waals surface area contributed by atoms with E-state index in [2.05, 4.69) is 15.2 Å². The van der Waals surface area contributed by atoms with E-state index in [4.69, 9.17) is 10.5 Å². The standard InChI is InChI=1S/C13H19N5O2S/c1-4-7-20-11-9(14)5-6-10(15-11)21-13-17-16-12(19)18(13)8(2)3/h5-6,8H,4,7,14H2,1-3H3,(H,16,19). The molecular formula is C13H19N5O2S. The topological polar surface area (TPSA) is 98.8 Å². The minimum absolute atomic E-state index is 0.0170. The minimum atomic E-state index is -0.231. The maximum absolute atomic E-state index is 11.7. The Kier molecular flexibility index (Phi) is 4.89. The summed E-state index contributed by atoms with van der Waals surface area (Å²) in [6.45, 7) is 6.42. The molecule has 114 valence electrons. The van der Waals surface area contributed by atoms with Gasteiger partial charge in [0.05, 0.1) is 12.3 Å². The van der Waals surface area contributed by atoms with Gasteiger partial charge in [-0.15, -0.1) is 5.10 Å². The van der Waals surface area contributed by atoms with Crippen LogP contribution in [0.15, 0.2) is 27.1 Å². The van der Waals surface area contributed by atoms with Gasteiger partial charge in [-0.1, -0.05) is 6.92 Å². The first-order chi connectivity index (χ1) is 10.0. The molecule has 0 spiro atoms. The van der Waals surface area contributed by atoms with E-state index in [1.54, 1.807) is 16.7 Å². The van der Waals surface area contributed by atoms with Gasteiger partial charge in [0.25, 0.3) is 0 Å². The molecule has 0 aliphatic rings. The van der Waals surface area contributed by atoms with E-state index in [0.717, 1.165) is 6.42 Å². The van der Waals surface area contributed by atoms with Crippen molar-refractivity contribution in [1.29, 1.82) is 0 Å². The van der Waals surface area contributed by atoms with Gasteiger partial charge in [0.2, 0.25) is 5.88 Å². The number of anilines is 1. The zero-order valence-electron chi connectivity index (χ0n) is 12.3. The number of nitrogens with zero attached hydrogens (tertiary/aromatic N) is 3. The average Bonchev–Trinajstić information content (AvgIpc) is 2.80. The van der Waals surface area contributed by atoms with Crippen molar-refractivity contribution in [3.8, 4) is 5.88 Å². The Balaban J connectivity index is 2.26. The van der Waals surface area contributed by atoms with Crippen molar-refractivity contribution in [2.45, 2.75) is 43.4 Å². The van der Waals surface area contributed by atoms with Crippen LogP contribution in [0.1, 0.15) is 33.2 Å². The summed E-state index contributed by atoms with van der Waals surface area (Å²) in [4.78, 5) is 16.1. The smallest absolute Gasteiger partial charge is 0.344 e. The van der Waals surface area contributed by atoms with E-state index < -0.39 is 0 Å². The van der Waals surface area contributed by atoms with E-state index in [1.807, 2.05) is 20.8 Å². The number of nitrogen functional groups attached to an aromatic ring is 1. The number of pyridine rings is 1. The molecule has 0 atom stereocenters. The molecule has 0 unspecified atom stereocenters. The van der Waals surface area contributed by atoms with Gasteiger partial charge in [-0.25, -0.2) is 14.9 Å². The first-order valence-corrected chi connectivity index (χ1v) is 7.58. The molecule has 0 radical (unpaired) electrons. The Morgan fingerprint density at radius 1 is 1.48 bits per heavy atom. The van der Waals surface area contributed by atoms with Crippen molar-refractivity contribution in [2.24, 2.45) is 0 Å². The molecule has 2 heterocycles. The Bertz CT molecular complexity index is 665. The monoisotopic (exact) mass is 309 g/mol. The summed E-state index contributed by atoms with van der Waals surface area (Å²) in [6.07, 6.45) is 0.880. The molecule has 7 nitrogen and oxygen atoms in total. The van der Waals surface area contributed by atoms with Crippen molar-refractivity contribution in [2.75, 3.05) is 12.3 Å². The molecule has 0 aliphatic carbocycles. The number of hydrogen-bond acceptors (Lipinski definition) is 6. The van der Waals surface area contributed by atoms with Crippen LogP contribution in [-0.2, 0) is 0 Å². The molecule has 0 amide bonds. The van der Waals surface area contributed by atoms with E-state index in [1.165, 1.54) is 11.8 Å². The van der Waals surface area contributed by atoms with Gasteiger partial charge in [0.15, 0.2) is 5.16 Å². The summed E-state index contributed by atoms with van der Waals surface area (Å²) < 4.78 is 7.08. The molecule has 0 aliphatic heterocycles. The number of aromatic amines is 1. The maximum atomic E-state index is 11.7. The van der Waals surface area contributed by atoms with E-state index >= 15 is 0 Å². The fourth-order valence-electron chi connectivity index (χ4n) is 1.72. The fraction of sp³-hybridized carbons (Fsp3) is 0.462. The van der Waals surface area contributed by atoms with Gasteiger partial charge < -0.3 is 10.5 Å². The van der Waals surface area contributed by atoms with Crippen molar-refractivity contribution in [3.63, 3.8) is 0 Å². The third-order valence-electron chi connectivity index (χ3n) is 2.69. The minimum Gasteiger partial charge on any atom is -0.476 e. The Morgan fingerprint density at radius 2 is 2.24 bits per heavy atom. The van der Waals surface area contributed by atoms with Gasteiger partial charge in [-0.3, -0.25) is 4.57 Å². The van der Waals surface area contributed by atoms with Gasteiger partial charge >= 0.3 is 5.69 Å². The summed E-state index contributed by atoms with van der Waals surface area (Å²) in [5.41, 5.74) is 6.10. The van der Waals surface area contributed by atoms with Crippen LogP contribution in [0.4, 0.5) is 5.69 Å². The first kappa shape index (κ1) is 15.4. The Labute approximate surface area is 126 Å². The largest absolute Gasteiger partial charge is 0.476 e. The third-order valence-corrected chi connectivity index (χ3v) is 3.60. The second-order valence-corrected chi connectivity index (χ2v) is 5.76. The van der Waals surface area contributed by atoms with Gasteiger partial charge in [0.1, 0.15) is 5.03 Å². The SMILES string of the molecule is CCCOc1nc(Sc2n[nH]c(=O)n2C(C)C)ccc1N. The summed E-state index contributed by atoms with van der Waals surface area (Å²) in [7, 11) is 0. The predicted octanol–water partition coefficient (Wildman–Crippen LogP) is 2.07. The molecule has 2 aromatic rings. The fourth-order valence-corrected chi connectivity index (χ4v) is 2.65. The zero-order chi connectivity index (χ0) is 15.4. The molecule has 0 aromatic carbocycles. The van der Waals surface area contributed by atoms with Crippen molar-refractivity contribution < 1.29 is 4.74 Å². The van der Waals surface area contributed by atoms with Crippen molar-refractivity contribution >= 4 is 17.4 Å².